The molecule has 2 aromatic carbocycles. The maximum atomic E-state index is 5.57. The van der Waals surface area contributed by atoms with E-state index in [1.165, 1.54) is 5.56 Å². The molecule has 2 rings (SSSR count). The Morgan fingerprint density at radius 1 is 0.929 bits per heavy atom. The van der Waals surface area contributed by atoms with Gasteiger partial charge in [-0.3, -0.25) is 0 Å². The Morgan fingerprint density at radius 2 is 1.64 bits per heavy atom. The maximum Gasteiger partial charge on any atom is 0.119 e. The summed E-state index contributed by atoms with van der Waals surface area (Å²) in [5.74, 6) is 0.882. The monoisotopic (exact) mass is 183 g/mol. The highest BCUT2D eigenvalue weighted by atomic mass is 16.5. The summed E-state index contributed by atoms with van der Waals surface area (Å²) in [6, 6.07) is 20.6. The molecule has 1 radical (unpaired) electrons. The summed E-state index contributed by atoms with van der Waals surface area (Å²) in [6.45, 7) is 0.616. The van der Waals surface area contributed by atoms with Gasteiger partial charge < -0.3 is 4.74 Å². The average molecular weight is 183 g/mol. The first-order chi connectivity index (χ1) is 6.95. The molecule has 14 heavy (non-hydrogen) atoms. The van der Waals surface area contributed by atoms with Crippen molar-refractivity contribution in [2.45, 2.75) is 6.61 Å². The van der Waals surface area contributed by atoms with Crippen LogP contribution < -0.4 is 4.74 Å². The van der Waals surface area contributed by atoms with E-state index in [0.717, 1.165) is 5.75 Å². The Hall–Kier alpha value is -1.76. The van der Waals surface area contributed by atoms with Crippen LogP contribution in [0.15, 0.2) is 54.6 Å². The lowest BCUT2D eigenvalue weighted by molar-refractivity contribution is 0.306. The molecule has 0 aromatic heterocycles. The van der Waals surface area contributed by atoms with Gasteiger partial charge in [-0.15, -0.1) is 0 Å². The molecule has 0 spiro atoms. The smallest absolute Gasteiger partial charge is 0.119 e. The number of hydrogen-bond donors (Lipinski definition) is 0. The molecule has 0 aliphatic carbocycles. The molecule has 1 nitrogen and oxygen atoms in total. The van der Waals surface area contributed by atoms with Crippen molar-refractivity contribution < 1.29 is 4.74 Å². The van der Waals surface area contributed by atoms with Crippen LogP contribution in [0.5, 0.6) is 5.75 Å². The van der Waals surface area contributed by atoms with Crippen LogP contribution in [0.2, 0.25) is 0 Å². The fourth-order valence-corrected chi connectivity index (χ4v) is 1.21. The lowest BCUT2D eigenvalue weighted by Crippen LogP contribution is -1.94. The summed E-state index contributed by atoms with van der Waals surface area (Å²) >= 11 is 0. The van der Waals surface area contributed by atoms with Gasteiger partial charge in [0, 0.05) is 0 Å². The molecular formula is C13H11O. The molecule has 69 valence electrons. The van der Waals surface area contributed by atoms with Gasteiger partial charge >= 0.3 is 0 Å². The molecule has 0 atom stereocenters. The van der Waals surface area contributed by atoms with E-state index in [2.05, 4.69) is 18.2 Å². The molecule has 0 aliphatic rings. The van der Waals surface area contributed by atoms with E-state index in [1.54, 1.807) is 0 Å². The molecular weight excluding hydrogens is 172 g/mol. The van der Waals surface area contributed by atoms with Gasteiger partial charge in [0.2, 0.25) is 0 Å². The molecule has 0 bridgehead atoms. The van der Waals surface area contributed by atoms with E-state index in [4.69, 9.17) is 4.74 Å². The minimum absolute atomic E-state index is 0.616. The minimum atomic E-state index is 0.616. The van der Waals surface area contributed by atoms with Crippen LogP contribution in [0.25, 0.3) is 0 Å². The minimum Gasteiger partial charge on any atom is -0.489 e. The summed E-state index contributed by atoms with van der Waals surface area (Å²) in [7, 11) is 0. The topological polar surface area (TPSA) is 9.23 Å². The van der Waals surface area contributed by atoms with Crippen LogP contribution in [0.1, 0.15) is 5.56 Å². The highest BCUT2D eigenvalue weighted by molar-refractivity contribution is 5.21. The van der Waals surface area contributed by atoms with Crippen molar-refractivity contribution in [1.82, 2.24) is 0 Å². The van der Waals surface area contributed by atoms with Crippen LogP contribution in [0.3, 0.4) is 0 Å². The second kappa shape index (κ2) is 4.47. The summed E-state index contributed by atoms with van der Waals surface area (Å²) < 4.78 is 5.57. The quantitative estimate of drug-likeness (QED) is 0.710. The molecule has 0 amide bonds. The van der Waals surface area contributed by atoms with E-state index in [1.807, 2.05) is 42.5 Å². The molecule has 0 saturated heterocycles. The lowest BCUT2D eigenvalue weighted by atomic mass is 10.2. The summed E-state index contributed by atoms with van der Waals surface area (Å²) in [4.78, 5) is 0. The first-order valence-corrected chi connectivity index (χ1v) is 4.58. The number of ether oxygens (including phenoxy) is 1. The van der Waals surface area contributed by atoms with Crippen molar-refractivity contribution in [3.63, 3.8) is 0 Å². The third-order valence-corrected chi connectivity index (χ3v) is 1.94. The SMILES string of the molecule is [c]1ccc(OCc2ccccc2)cc1. The Bertz CT molecular complexity index is 327. The number of rotatable bonds is 3. The van der Waals surface area contributed by atoms with Crippen molar-refractivity contribution in [3.8, 4) is 5.75 Å². The van der Waals surface area contributed by atoms with Gasteiger partial charge in [0.1, 0.15) is 12.4 Å². The second-order valence-electron chi connectivity index (χ2n) is 3.01. The van der Waals surface area contributed by atoms with Crippen LogP contribution in [0.4, 0.5) is 0 Å². The van der Waals surface area contributed by atoms with Gasteiger partial charge in [-0.05, 0) is 23.8 Å². The molecule has 0 saturated carbocycles. The highest BCUT2D eigenvalue weighted by Crippen LogP contribution is 2.10. The van der Waals surface area contributed by atoms with Crippen LogP contribution in [-0.4, -0.2) is 0 Å². The molecule has 0 heterocycles. The van der Waals surface area contributed by atoms with E-state index in [0.29, 0.717) is 6.61 Å². The van der Waals surface area contributed by atoms with Gasteiger partial charge in [0.05, 0.1) is 0 Å². The Balaban J connectivity index is 1.96. The fourth-order valence-electron chi connectivity index (χ4n) is 1.21. The van der Waals surface area contributed by atoms with Gasteiger partial charge in [-0.2, -0.15) is 0 Å². The van der Waals surface area contributed by atoms with Gasteiger partial charge in [-0.25, -0.2) is 0 Å². The van der Waals surface area contributed by atoms with E-state index < -0.39 is 0 Å². The zero-order valence-corrected chi connectivity index (χ0v) is 7.81. The molecule has 1 heteroatoms. The standard InChI is InChI=1S/C13H11O/c1-3-7-12(8-4-1)11-14-13-9-5-2-6-10-13/h1,3-10H,11H2. The fraction of sp³-hybridized carbons (Fsp3) is 0.0769. The third kappa shape index (κ3) is 2.36. The van der Waals surface area contributed by atoms with E-state index in [-0.39, 0.29) is 0 Å². The molecule has 0 unspecified atom stereocenters. The first kappa shape index (κ1) is 8.82. The Labute approximate surface area is 84.0 Å². The van der Waals surface area contributed by atoms with Gasteiger partial charge in [0.15, 0.2) is 0 Å². The Morgan fingerprint density at radius 3 is 2.36 bits per heavy atom. The predicted octanol–water partition coefficient (Wildman–Crippen LogP) is 3.07. The van der Waals surface area contributed by atoms with E-state index in [9.17, 15) is 0 Å². The van der Waals surface area contributed by atoms with Crippen molar-refractivity contribution >= 4 is 0 Å². The van der Waals surface area contributed by atoms with Crippen molar-refractivity contribution in [2.75, 3.05) is 0 Å². The van der Waals surface area contributed by atoms with Crippen LogP contribution >= 0.6 is 0 Å². The molecule has 0 N–H and O–H groups in total. The van der Waals surface area contributed by atoms with Gasteiger partial charge in [-0.1, -0.05) is 42.5 Å². The van der Waals surface area contributed by atoms with Gasteiger partial charge in [0.25, 0.3) is 0 Å². The van der Waals surface area contributed by atoms with Crippen LogP contribution in [-0.2, 0) is 6.61 Å². The molecule has 2 aromatic rings. The third-order valence-electron chi connectivity index (χ3n) is 1.94. The molecule has 0 aliphatic heterocycles. The number of benzene rings is 2. The van der Waals surface area contributed by atoms with Crippen LogP contribution in [0, 0.1) is 6.07 Å². The summed E-state index contributed by atoms with van der Waals surface area (Å²) in [5, 5.41) is 0. The first-order valence-electron chi connectivity index (χ1n) is 4.58. The normalized spacial score (nSPS) is 9.71. The summed E-state index contributed by atoms with van der Waals surface area (Å²) in [5.41, 5.74) is 1.18. The largest absolute Gasteiger partial charge is 0.489 e. The highest BCUT2D eigenvalue weighted by Gasteiger charge is 1.92. The molecule has 0 fully saturated rings. The predicted molar refractivity (Wildman–Crippen MR) is 56.1 cm³/mol. The zero-order chi connectivity index (χ0) is 9.64. The second-order valence-corrected chi connectivity index (χ2v) is 3.01. The van der Waals surface area contributed by atoms with E-state index >= 15 is 0 Å². The maximum absolute atomic E-state index is 5.57. The van der Waals surface area contributed by atoms with Crippen molar-refractivity contribution in [2.24, 2.45) is 0 Å². The Kier molecular flexibility index (Phi) is 2.82. The van der Waals surface area contributed by atoms with Crippen molar-refractivity contribution in [1.29, 1.82) is 0 Å². The lowest BCUT2D eigenvalue weighted by Gasteiger charge is -2.04. The average Bonchev–Trinajstić information content (AvgIpc) is 2.29. The zero-order valence-electron chi connectivity index (χ0n) is 7.81. The summed E-state index contributed by atoms with van der Waals surface area (Å²) in [6.07, 6.45) is 0. The van der Waals surface area contributed by atoms with Crippen molar-refractivity contribution in [3.05, 3.63) is 66.2 Å². The number of hydrogen-bond acceptors (Lipinski definition) is 1.